The van der Waals surface area contributed by atoms with E-state index in [2.05, 4.69) is 19.8 Å². The number of rotatable bonds is 5. The van der Waals surface area contributed by atoms with Gasteiger partial charge in [-0.1, -0.05) is 19.8 Å². The Morgan fingerprint density at radius 1 is 1.42 bits per heavy atom. The molecule has 1 fully saturated rings. The van der Waals surface area contributed by atoms with E-state index in [0.29, 0.717) is 13.1 Å². The lowest BCUT2D eigenvalue weighted by Crippen LogP contribution is -2.45. The number of nitrogens with zero attached hydrogens (tertiary/aromatic N) is 2. The molecule has 0 atom stereocenters. The van der Waals surface area contributed by atoms with Crippen LogP contribution >= 0.6 is 0 Å². The molecule has 106 valence electrons. The van der Waals surface area contributed by atoms with E-state index in [0.717, 1.165) is 19.3 Å². The van der Waals surface area contributed by atoms with Crippen LogP contribution in [0.1, 0.15) is 33.1 Å². The molecule has 2 amide bonds. The van der Waals surface area contributed by atoms with Crippen molar-refractivity contribution in [1.82, 2.24) is 9.80 Å². The van der Waals surface area contributed by atoms with Crippen LogP contribution in [0.4, 0.5) is 4.79 Å². The van der Waals surface area contributed by atoms with E-state index in [1.807, 2.05) is 0 Å². The fourth-order valence-corrected chi connectivity index (χ4v) is 2.59. The van der Waals surface area contributed by atoms with Gasteiger partial charge < -0.3 is 14.9 Å². The molecule has 0 bridgehead atoms. The van der Waals surface area contributed by atoms with Gasteiger partial charge in [-0.15, -0.1) is 6.42 Å². The Morgan fingerprint density at radius 3 is 2.47 bits per heavy atom. The molecule has 1 heterocycles. The average Bonchev–Trinajstić information content (AvgIpc) is 2.82. The standard InChI is InChI=1S/C14H22N2O3/c1-4-8-15(10-12(17)18)13(19)16-9-7-14(5-2,6-3)11-16/h1H,5-11H2,2-3H3,(H,17,18). The van der Waals surface area contributed by atoms with Gasteiger partial charge in [0.25, 0.3) is 0 Å². The third-order valence-electron chi connectivity index (χ3n) is 4.09. The molecule has 0 aromatic heterocycles. The average molecular weight is 266 g/mol. The monoisotopic (exact) mass is 266 g/mol. The van der Waals surface area contributed by atoms with Gasteiger partial charge in [0.05, 0.1) is 6.54 Å². The number of carbonyl (C=O) groups excluding carboxylic acids is 1. The lowest BCUT2D eigenvalue weighted by molar-refractivity contribution is -0.137. The van der Waals surface area contributed by atoms with E-state index in [9.17, 15) is 9.59 Å². The molecule has 1 N–H and O–H groups in total. The van der Waals surface area contributed by atoms with Gasteiger partial charge in [0.15, 0.2) is 0 Å². The summed E-state index contributed by atoms with van der Waals surface area (Å²) in [6.45, 7) is 5.33. The number of carboxylic acids is 1. The number of carboxylic acid groups (broad SMARTS) is 1. The number of carbonyl (C=O) groups is 2. The summed E-state index contributed by atoms with van der Waals surface area (Å²) in [4.78, 5) is 26.0. The minimum Gasteiger partial charge on any atom is -0.480 e. The third-order valence-corrected chi connectivity index (χ3v) is 4.09. The Balaban J connectivity index is 2.71. The van der Waals surface area contributed by atoms with Crippen LogP contribution in [-0.2, 0) is 4.79 Å². The molecule has 19 heavy (non-hydrogen) atoms. The van der Waals surface area contributed by atoms with E-state index in [1.54, 1.807) is 4.90 Å². The molecule has 1 rings (SSSR count). The first-order valence-corrected chi connectivity index (χ1v) is 6.67. The fourth-order valence-electron chi connectivity index (χ4n) is 2.59. The van der Waals surface area contributed by atoms with Crippen LogP contribution in [0.2, 0.25) is 0 Å². The second-order valence-electron chi connectivity index (χ2n) is 5.12. The molecule has 1 aliphatic rings. The second kappa shape index (κ2) is 6.46. The van der Waals surface area contributed by atoms with Gasteiger partial charge in [-0.05, 0) is 24.7 Å². The van der Waals surface area contributed by atoms with Crippen LogP contribution in [0.15, 0.2) is 0 Å². The van der Waals surface area contributed by atoms with E-state index < -0.39 is 5.97 Å². The summed E-state index contributed by atoms with van der Waals surface area (Å²) in [7, 11) is 0. The summed E-state index contributed by atoms with van der Waals surface area (Å²) in [5.41, 5.74) is 0.181. The number of amides is 2. The van der Waals surface area contributed by atoms with E-state index >= 15 is 0 Å². The van der Waals surface area contributed by atoms with Gasteiger partial charge in [0.1, 0.15) is 6.54 Å². The third kappa shape index (κ3) is 3.63. The first-order chi connectivity index (χ1) is 8.98. The van der Waals surface area contributed by atoms with Gasteiger partial charge >= 0.3 is 12.0 Å². The van der Waals surface area contributed by atoms with Crippen LogP contribution in [0.3, 0.4) is 0 Å². The quantitative estimate of drug-likeness (QED) is 0.769. The smallest absolute Gasteiger partial charge is 0.323 e. The molecule has 0 aromatic carbocycles. The zero-order valence-electron chi connectivity index (χ0n) is 11.7. The highest BCUT2D eigenvalue weighted by Gasteiger charge is 2.38. The van der Waals surface area contributed by atoms with Crippen molar-refractivity contribution in [3.8, 4) is 12.3 Å². The number of hydrogen-bond donors (Lipinski definition) is 1. The number of urea groups is 1. The molecule has 0 aromatic rings. The van der Waals surface area contributed by atoms with Crippen molar-refractivity contribution in [2.45, 2.75) is 33.1 Å². The highest BCUT2D eigenvalue weighted by atomic mass is 16.4. The van der Waals surface area contributed by atoms with Crippen LogP contribution in [0.5, 0.6) is 0 Å². The Bertz CT molecular complexity index is 383. The van der Waals surface area contributed by atoms with Crippen molar-refractivity contribution in [2.24, 2.45) is 5.41 Å². The lowest BCUT2D eigenvalue weighted by atomic mass is 9.82. The molecule has 1 saturated heterocycles. The lowest BCUT2D eigenvalue weighted by Gasteiger charge is -2.29. The van der Waals surface area contributed by atoms with Crippen molar-refractivity contribution < 1.29 is 14.7 Å². The molecule has 0 aliphatic carbocycles. The predicted octanol–water partition coefficient (Wildman–Crippen LogP) is 1.64. The summed E-state index contributed by atoms with van der Waals surface area (Å²) < 4.78 is 0. The molecule has 0 radical (unpaired) electrons. The van der Waals surface area contributed by atoms with E-state index in [1.165, 1.54) is 4.90 Å². The van der Waals surface area contributed by atoms with Gasteiger partial charge in [-0.2, -0.15) is 0 Å². The number of hydrogen-bond acceptors (Lipinski definition) is 2. The van der Waals surface area contributed by atoms with Gasteiger partial charge in [-0.3, -0.25) is 4.79 Å². The van der Waals surface area contributed by atoms with E-state index in [4.69, 9.17) is 11.5 Å². The van der Waals surface area contributed by atoms with E-state index in [-0.39, 0.29) is 24.5 Å². The van der Waals surface area contributed by atoms with Crippen LogP contribution in [0, 0.1) is 17.8 Å². The zero-order valence-corrected chi connectivity index (χ0v) is 11.7. The second-order valence-corrected chi connectivity index (χ2v) is 5.12. The molecule has 0 unspecified atom stereocenters. The Hall–Kier alpha value is -1.70. The Kier molecular flexibility index (Phi) is 5.22. The molecule has 5 heteroatoms. The Morgan fingerprint density at radius 2 is 2.05 bits per heavy atom. The van der Waals surface area contributed by atoms with Crippen LogP contribution in [0.25, 0.3) is 0 Å². The first-order valence-electron chi connectivity index (χ1n) is 6.67. The number of terminal acetylenes is 1. The fraction of sp³-hybridized carbons (Fsp3) is 0.714. The maximum atomic E-state index is 12.3. The van der Waals surface area contributed by atoms with Crippen molar-refractivity contribution in [2.75, 3.05) is 26.2 Å². The van der Waals surface area contributed by atoms with Crippen LogP contribution < -0.4 is 0 Å². The topological polar surface area (TPSA) is 60.9 Å². The van der Waals surface area contributed by atoms with Crippen LogP contribution in [-0.4, -0.2) is 53.1 Å². The summed E-state index contributed by atoms with van der Waals surface area (Å²) >= 11 is 0. The summed E-state index contributed by atoms with van der Waals surface area (Å²) in [6.07, 6.45) is 8.23. The molecular formula is C14H22N2O3. The zero-order chi connectivity index (χ0) is 14.5. The minimum absolute atomic E-state index is 0.0346. The molecular weight excluding hydrogens is 244 g/mol. The maximum absolute atomic E-state index is 12.3. The molecule has 5 nitrogen and oxygen atoms in total. The SMILES string of the molecule is C#CCN(CC(=O)O)C(=O)N1CCC(CC)(CC)C1. The highest BCUT2D eigenvalue weighted by molar-refractivity contribution is 5.80. The first kappa shape index (κ1) is 15.4. The summed E-state index contributed by atoms with van der Waals surface area (Å²) in [6, 6.07) is -0.260. The van der Waals surface area contributed by atoms with Crippen molar-refractivity contribution in [3.05, 3.63) is 0 Å². The van der Waals surface area contributed by atoms with Gasteiger partial charge in [0, 0.05) is 13.1 Å². The maximum Gasteiger partial charge on any atom is 0.323 e. The normalized spacial score (nSPS) is 17.0. The Labute approximate surface area is 114 Å². The summed E-state index contributed by atoms with van der Waals surface area (Å²) in [5.74, 6) is 1.30. The van der Waals surface area contributed by atoms with Gasteiger partial charge in [-0.25, -0.2) is 4.79 Å². The molecule has 0 saturated carbocycles. The van der Waals surface area contributed by atoms with Gasteiger partial charge in [0.2, 0.25) is 0 Å². The molecule has 0 spiro atoms. The van der Waals surface area contributed by atoms with Crippen molar-refractivity contribution in [3.63, 3.8) is 0 Å². The highest BCUT2D eigenvalue weighted by Crippen LogP contribution is 2.37. The molecule has 1 aliphatic heterocycles. The predicted molar refractivity (Wildman–Crippen MR) is 72.6 cm³/mol. The largest absolute Gasteiger partial charge is 0.480 e. The number of likely N-dealkylation sites (tertiary alicyclic amines) is 1. The summed E-state index contributed by atoms with van der Waals surface area (Å²) in [5, 5.41) is 8.82. The number of aliphatic carboxylic acids is 1. The minimum atomic E-state index is -1.04. The van der Waals surface area contributed by atoms with Crippen molar-refractivity contribution >= 4 is 12.0 Å². The van der Waals surface area contributed by atoms with Crippen molar-refractivity contribution in [1.29, 1.82) is 0 Å².